The number of furan rings is 1. The molecule has 2 aromatic rings. The van der Waals surface area contributed by atoms with E-state index in [0.717, 1.165) is 55.4 Å². The van der Waals surface area contributed by atoms with Crippen LogP contribution in [0, 0.1) is 0 Å². The molecule has 1 fully saturated rings. The molecule has 0 spiro atoms. The standard InChI is InChI=1S/C22H30N2O3/c1-3-25-21-12-17-11-16(2)27-22(17)13-18(21)14-23-15-19(20-7-6-10-26-20)24-8-4-5-9-24/h6-7,10,12-13,16,19,23H,3-5,8-9,11,14-15H2,1-2H3/t16-,19+/m1/s1. The Morgan fingerprint density at radius 2 is 2.15 bits per heavy atom. The van der Waals surface area contributed by atoms with Crippen LogP contribution in [0.3, 0.4) is 0 Å². The molecule has 146 valence electrons. The normalized spacial score (nSPS) is 20.4. The van der Waals surface area contributed by atoms with Gasteiger partial charge in [-0.15, -0.1) is 0 Å². The molecular weight excluding hydrogens is 340 g/mol. The minimum Gasteiger partial charge on any atom is -0.494 e. The van der Waals surface area contributed by atoms with Gasteiger partial charge in [0.25, 0.3) is 0 Å². The van der Waals surface area contributed by atoms with Crippen LogP contribution >= 0.6 is 0 Å². The molecule has 0 radical (unpaired) electrons. The van der Waals surface area contributed by atoms with E-state index < -0.39 is 0 Å². The van der Waals surface area contributed by atoms with Gasteiger partial charge in [0.1, 0.15) is 23.4 Å². The highest BCUT2D eigenvalue weighted by Gasteiger charge is 2.26. The highest BCUT2D eigenvalue weighted by atomic mass is 16.5. The van der Waals surface area contributed by atoms with Crippen molar-refractivity contribution in [2.75, 3.05) is 26.2 Å². The van der Waals surface area contributed by atoms with Crippen LogP contribution < -0.4 is 14.8 Å². The van der Waals surface area contributed by atoms with Crippen molar-refractivity contribution in [1.29, 1.82) is 0 Å². The Morgan fingerprint density at radius 1 is 1.30 bits per heavy atom. The zero-order valence-corrected chi connectivity index (χ0v) is 16.4. The maximum atomic E-state index is 5.94. The number of rotatable bonds is 8. The summed E-state index contributed by atoms with van der Waals surface area (Å²) in [5.41, 5.74) is 2.41. The van der Waals surface area contributed by atoms with E-state index in [2.05, 4.69) is 35.3 Å². The van der Waals surface area contributed by atoms with Crippen molar-refractivity contribution in [3.8, 4) is 11.5 Å². The molecule has 1 saturated heterocycles. The Labute approximate surface area is 161 Å². The third-order valence-electron chi connectivity index (χ3n) is 5.49. The van der Waals surface area contributed by atoms with Crippen LogP contribution in [0.2, 0.25) is 0 Å². The topological polar surface area (TPSA) is 46.9 Å². The van der Waals surface area contributed by atoms with Crippen molar-refractivity contribution in [3.05, 3.63) is 47.4 Å². The SMILES string of the molecule is CCOc1cc2c(cc1CNC[C@@H](c1ccco1)N1CCCC1)O[C@H](C)C2. The van der Waals surface area contributed by atoms with Crippen molar-refractivity contribution < 1.29 is 13.9 Å². The molecule has 0 amide bonds. The summed E-state index contributed by atoms with van der Waals surface area (Å²) < 4.78 is 17.6. The Kier molecular flexibility index (Phi) is 5.69. The minimum absolute atomic E-state index is 0.246. The van der Waals surface area contributed by atoms with E-state index in [0.29, 0.717) is 6.61 Å². The summed E-state index contributed by atoms with van der Waals surface area (Å²) in [5, 5.41) is 3.63. The Morgan fingerprint density at radius 3 is 2.89 bits per heavy atom. The molecule has 27 heavy (non-hydrogen) atoms. The maximum Gasteiger partial charge on any atom is 0.124 e. The summed E-state index contributed by atoms with van der Waals surface area (Å²) in [6.45, 7) is 8.71. The maximum absolute atomic E-state index is 5.94. The first kappa shape index (κ1) is 18.4. The second-order valence-electron chi connectivity index (χ2n) is 7.54. The highest BCUT2D eigenvalue weighted by molar-refractivity contribution is 5.48. The molecule has 5 heteroatoms. The van der Waals surface area contributed by atoms with Crippen molar-refractivity contribution in [2.45, 2.75) is 51.8 Å². The van der Waals surface area contributed by atoms with Crippen LogP contribution in [0.4, 0.5) is 0 Å². The molecular formula is C22H30N2O3. The number of hydrogen-bond acceptors (Lipinski definition) is 5. The Hall–Kier alpha value is -1.98. The largest absolute Gasteiger partial charge is 0.494 e. The summed E-state index contributed by atoms with van der Waals surface area (Å²) in [4.78, 5) is 2.52. The van der Waals surface area contributed by atoms with Gasteiger partial charge in [0.05, 0.1) is 18.9 Å². The van der Waals surface area contributed by atoms with Gasteiger partial charge < -0.3 is 19.2 Å². The van der Waals surface area contributed by atoms with Gasteiger partial charge in [0.2, 0.25) is 0 Å². The van der Waals surface area contributed by atoms with E-state index >= 15 is 0 Å². The number of ether oxygens (including phenoxy) is 2. The zero-order valence-electron chi connectivity index (χ0n) is 16.4. The molecule has 0 saturated carbocycles. The lowest BCUT2D eigenvalue weighted by atomic mass is 10.1. The fourth-order valence-corrected chi connectivity index (χ4v) is 4.20. The molecule has 2 atom stereocenters. The van der Waals surface area contributed by atoms with Gasteiger partial charge >= 0.3 is 0 Å². The van der Waals surface area contributed by atoms with Crippen molar-refractivity contribution in [3.63, 3.8) is 0 Å². The second kappa shape index (κ2) is 8.36. The van der Waals surface area contributed by atoms with Crippen LogP contribution in [0.25, 0.3) is 0 Å². The average Bonchev–Trinajstić information content (AvgIpc) is 3.40. The van der Waals surface area contributed by atoms with Crippen LogP contribution in [-0.2, 0) is 13.0 Å². The lowest BCUT2D eigenvalue weighted by molar-refractivity contribution is 0.209. The number of likely N-dealkylation sites (tertiary alicyclic amines) is 1. The monoisotopic (exact) mass is 370 g/mol. The quantitative estimate of drug-likeness (QED) is 0.763. The summed E-state index contributed by atoms with van der Waals surface area (Å²) in [6, 6.07) is 8.65. The first-order valence-electron chi connectivity index (χ1n) is 10.2. The van der Waals surface area contributed by atoms with Gasteiger partial charge in [-0.2, -0.15) is 0 Å². The lowest BCUT2D eigenvalue weighted by Crippen LogP contribution is -2.33. The first-order valence-corrected chi connectivity index (χ1v) is 10.2. The van der Waals surface area contributed by atoms with E-state index in [9.17, 15) is 0 Å². The predicted octanol–water partition coefficient (Wildman–Crippen LogP) is 3.93. The summed E-state index contributed by atoms with van der Waals surface area (Å²) >= 11 is 0. The Bertz CT molecular complexity index is 738. The van der Waals surface area contributed by atoms with Crippen molar-refractivity contribution in [1.82, 2.24) is 10.2 Å². The van der Waals surface area contributed by atoms with Gasteiger partial charge in [-0.3, -0.25) is 4.90 Å². The Balaban J connectivity index is 1.45. The van der Waals surface area contributed by atoms with Crippen molar-refractivity contribution >= 4 is 0 Å². The van der Waals surface area contributed by atoms with Gasteiger partial charge in [-0.1, -0.05) is 0 Å². The number of hydrogen-bond donors (Lipinski definition) is 1. The van der Waals surface area contributed by atoms with Gasteiger partial charge in [-0.25, -0.2) is 0 Å². The third-order valence-corrected chi connectivity index (χ3v) is 5.49. The molecule has 5 nitrogen and oxygen atoms in total. The number of nitrogens with one attached hydrogen (secondary N) is 1. The highest BCUT2D eigenvalue weighted by Crippen LogP contribution is 2.35. The van der Waals surface area contributed by atoms with E-state index in [-0.39, 0.29) is 12.1 Å². The number of nitrogens with zero attached hydrogens (tertiary/aromatic N) is 1. The van der Waals surface area contributed by atoms with E-state index in [1.165, 1.54) is 18.4 Å². The summed E-state index contributed by atoms with van der Waals surface area (Å²) in [6.07, 6.45) is 5.51. The number of fused-ring (bicyclic) bond motifs is 1. The zero-order chi connectivity index (χ0) is 18.6. The molecule has 0 aliphatic carbocycles. The van der Waals surface area contributed by atoms with E-state index in [4.69, 9.17) is 13.9 Å². The molecule has 1 aromatic carbocycles. The predicted molar refractivity (Wildman–Crippen MR) is 105 cm³/mol. The van der Waals surface area contributed by atoms with Crippen LogP contribution in [0.5, 0.6) is 11.5 Å². The van der Waals surface area contributed by atoms with Crippen LogP contribution in [-0.4, -0.2) is 37.2 Å². The molecule has 1 aromatic heterocycles. The molecule has 0 bridgehead atoms. The average molecular weight is 370 g/mol. The van der Waals surface area contributed by atoms with Crippen molar-refractivity contribution in [2.24, 2.45) is 0 Å². The summed E-state index contributed by atoms with van der Waals surface area (Å²) in [7, 11) is 0. The molecule has 4 rings (SSSR count). The molecule has 2 aliphatic heterocycles. The molecule has 2 aliphatic rings. The van der Waals surface area contributed by atoms with E-state index in [1.54, 1.807) is 6.26 Å². The fraction of sp³-hybridized carbons (Fsp3) is 0.545. The second-order valence-corrected chi connectivity index (χ2v) is 7.54. The third kappa shape index (κ3) is 4.14. The van der Waals surface area contributed by atoms with E-state index in [1.807, 2.05) is 13.0 Å². The van der Waals surface area contributed by atoms with Crippen LogP contribution in [0.15, 0.2) is 34.9 Å². The summed E-state index contributed by atoms with van der Waals surface area (Å²) in [5.74, 6) is 3.02. The van der Waals surface area contributed by atoms with Gasteiger partial charge in [0.15, 0.2) is 0 Å². The minimum atomic E-state index is 0.246. The van der Waals surface area contributed by atoms with Gasteiger partial charge in [0, 0.05) is 30.6 Å². The van der Waals surface area contributed by atoms with Crippen LogP contribution in [0.1, 0.15) is 49.6 Å². The number of benzene rings is 1. The molecule has 0 unspecified atom stereocenters. The molecule has 1 N–H and O–H groups in total. The fourth-order valence-electron chi connectivity index (χ4n) is 4.20. The van der Waals surface area contributed by atoms with Gasteiger partial charge in [-0.05, 0) is 64.0 Å². The smallest absolute Gasteiger partial charge is 0.124 e. The molecule has 3 heterocycles. The first-order chi connectivity index (χ1) is 13.2. The lowest BCUT2D eigenvalue weighted by Gasteiger charge is -2.26.